The predicted molar refractivity (Wildman–Crippen MR) is 115 cm³/mol. The van der Waals surface area contributed by atoms with Crippen LogP contribution in [0, 0.1) is 0 Å². The van der Waals surface area contributed by atoms with Crippen LogP contribution in [0.25, 0.3) is 0 Å². The van der Waals surface area contributed by atoms with E-state index in [0.29, 0.717) is 34.3 Å². The standard InChI is InChI=1S/C21H26ClN3O4S/c1-20(2,3)14-15(22)23-19(30-14)24-18(28)21(29-4)9-11(10-21)25-16(26)12-7-5-6-8-13(12)17(25)27/h5-8,11,16-17,26-27H,9-10H2,1-4H3,(H,23,24,28). The van der Waals surface area contributed by atoms with Crippen LogP contribution in [0.5, 0.6) is 0 Å². The number of anilines is 1. The van der Waals surface area contributed by atoms with E-state index in [1.807, 2.05) is 32.9 Å². The molecule has 3 N–H and O–H groups in total. The summed E-state index contributed by atoms with van der Waals surface area (Å²) in [6.45, 7) is 6.11. The Morgan fingerprint density at radius 2 is 1.83 bits per heavy atom. The normalized spacial score (nSPS) is 28.8. The van der Waals surface area contributed by atoms with Gasteiger partial charge in [-0.05, 0) is 5.41 Å². The van der Waals surface area contributed by atoms with Gasteiger partial charge in [-0.3, -0.25) is 10.1 Å². The number of nitrogens with zero attached hydrogens (tertiary/aromatic N) is 2. The number of carbonyl (C=O) groups excluding carboxylic acids is 1. The fraction of sp³-hybridized carbons (Fsp3) is 0.524. The number of ether oxygens (including phenoxy) is 1. The topological polar surface area (TPSA) is 94.9 Å². The molecule has 0 bridgehead atoms. The minimum atomic E-state index is -1.04. The Hall–Kier alpha value is -1.55. The molecule has 30 heavy (non-hydrogen) atoms. The summed E-state index contributed by atoms with van der Waals surface area (Å²) in [7, 11) is 1.50. The van der Waals surface area contributed by atoms with Crippen molar-refractivity contribution in [3.8, 4) is 0 Å². The van der Waals surface area contributed by atoms with Gasteiger partial charge in [-0.2, -0.15) is 0 Å². The van der Waals surface area contributed by atoms with Crippen molar-refractivity contribution in [2.45, 2.75) is 63.1 Å². The molecule has 2 atom stereocenters. The highest BCUT2D eigenvalue weighted by molar-refractivity contribution is 7.16. The summed E-state index contributed by atoms with van der Waals surface area (Å²) < 4.78 is 5.59. The van der Waals surface area contributed by atoms with E-state index in [0.717, 1.165) is 4.88 Å². The van der Waals surface area contributed by atoms with Crippen LogP contribution >= 0.6 is 22.9 Å². The molecular formula is C21H26ClN3O4S. The number of hydrogen-bond donors (Lipinski definition) is 3. The van der Waals surface area contributed by atoms with Crippen molar-refractivity contribution in [3.63, 3.8) is 0 Å². The number of aliphatic hydroxyl groups excluding tert-OH is 2. The first kappa shape index (κ1) is 21.7. The Morgan fingerprint density at radius 3 is 2.30 bits per heavy atom. The Balaban J connectivity index is 1.47. The molecule has 1 aliphatic heterocycles. The third-order valence-electron chi connectivity index (χ3n) is 5.96. The monoisotopic (exact) mass is 451 g/mol. The molecule has 162 valence electrons. The van der Waals surface area contributed by atoms with E-state index in [1.54, 1.807) is 17.0 Å². The van der Waals surface area contributed by atoms with Gasteiger partial charge in [-0.25, -0.2) is 9.88 Å². The van der Waals surface area contributed by atoms with Crippen LogP contribution in [-0.4, -0.2) is 44.8 Å². The second kappa shape index (κ2) is 7.55. The number of thiazole rings is 1. The van der Waals surface area contributed by atoms with Gasteiger partial charge >= 0.3 is 0 Å². The highest BCUT2D eigenvalue weighted by Crippen LogP contribution is 2.49. The molecule has 1 fully saturated rings. The van der Waals surface area contributed by atoms with Gasteiger partial charge in [-0.15, -0.1) is 0 Å². The average Bonchev–Trinajstić information content (AvgIpc) is 3.14. The maximum absolute atomic E-state index is 13.0. The van der Waals surface area contributed by atoms with Crippen LogP contribution in [0.1, 0.15) is 62.1 Å². The lowest BCUT2D eigenvalue weighted by Gasteiger charge is -2.49. The average molecular weight is 452 g/mol. The van der Waals surface area contributed by atoms with E-state index in [2.05, 4.69) is 10.3 Å². The van der Waals surface area contributed by atoms with Gasteiger partial charge in [0.05, 0.1) is 4.88 Å². The Morgan fingerprint density at radius 1 is 1.27 bits per heavy atom. The molecule has 2 heterocycles. The number of nitrogens with one attached hydrogen (secondary N) is 1. The van der Waals surface area contributed by atoms with E-state index in [9.17, 15) is 15.0 Å². The van der Waals surface area contributed by atoms with Gasteiger partial charge < -0.3 is 14.9 Å². The molecule has 1 aromatic carbocycles. The first-order chi connectivity index (χ1) is 14.1. The lowest BCUT2D eigenvalue weighted by molar-refractivity contribution is -0.190. The lowest BCUT2D eigenvalue weighted by Crippen LogP contribution is -2.61. The van der Waals surface area contributed by atoms with Crippen molar-refractivity contribution < 1.29 is 19.7 Å². The van der Waals surface area contributed by atoms with E-state index < -0.39 is 18.1 Å². The smallest absolute Gasteiger partial charge is 0.258 e. The fourth-order valence-corrected chi connectivity index (χ4v) is 5.66. The molecule has 0 radical (unpaired) electrons. The number of fused-ring (bicyclic) bond motifs is 1. The van der Waals surface area contributed by atoms with E-state index in [1.165, 1.54) is 18.4 Å². The van der Waals surface area contributed by atoms with Crippen LogP contribution in [0.15, 0.2) is 24.3 Å². The number of benzene rings is 1. The van der Waals surface area contributed by atoms with Crippen molar-refractivity contribution >= 4 is 34.0 Å². The SMILES string of the molecule is COC1(C(=O)Nc2nc(Cl)c(C(C)(C)C)s2)CC(N2C(O)c3ccccc3C2O)C1. The third kappa shape index (κ3) is 3.45. The maximum Gasteiger partial charge on any atom is 0.258 e. The molecule has 1 saturated carbocycles. The zero-order valence-electron chi connectivity index (χ0n) is 17.3. The number of aliphatic hydroxyl groups is 2. The fourth-order valence-electron chi connectivity index (χ4n) is 4.22. The van der Waals surface area contributed by atoms with Crippen LogP contribution in [0.3, 0.4) is 0 Å². The van der Waals surface area contributed by atoms with Crippen LogP contribution < -0.4 is 5.32 Å². The largest absolute Gasteiger partial charge is 0.374 e. The second-order valence-electron chi connectivity index (χ2n) is 8.93. The lowest BCUT2D eigenvalue weighted by atomic mass is 9.73. The zero-order chi connectivity index (χ0) is 21.8. The van der Waals surface area contributed by atoms with Gasteiger partial charge in [0.25, 0.3) is 5.91 Å². The Kier molecular flexibility index (Phi) is 5.45. The summed E-state index contributed by atoms with van der Waals surface area (Å²) in [5.74, 6) is -0.298. The van der Waals surface area contributed by atoms with E-state index in [-0.39, 0.29) is 17.4 Å². The molecule has 0 saturated heterocycles. The van der Waals surface area contributed by atoms with Gasteiger partial charge in [0.2, 0.25) is 0 Å². The number of methoxy groups -OCH3 is 1. The van der Waals surface area contributed by atoms with Gasteiger partial charge in [-0.1, -0.05) is 68.0 Å². The number of rotatable bonds is 4. The van der Waals surface area contributed by atoms with E-state index in [4.69, 9.17) is 16.3 Å². The summed E-state index contributed by atoms with van der Waals surface area (Å²) in [6.07, 6.45) is -1.12. The Bertz CT molecular complexity index is 938. The van der Waals surface area contributed by atoms with Crippen molar-refractivity contribution in [3.05, 3.63) is 45.4 Å². The van der Waals surface area contributed by atoms with Crippen LogP contribution in [-0.2, 0) is 14.9 Å². The molecule has 0 spiro atoms. The van der Waals surface area contributed by atoms with E-state index >= 15 is 0 Å². The zero-order valence-corrected chi connectivity index (χ0v) is 18.9. The minimum absolute atomic E-state index is 0.171. The molecule has 2 aliphatic rings. The molecule has 2 unspecified atom stereocenters. The van der Waals surface area contributed by atoms with Gasteiger partial charge in [0.15, 0.2) is 5.13 Å². The molecule has 1 aromatic heterocycles. The van der Waals surface area contributed by atoms with Crippen molar-refractivity contribution in [1.82, 2.24) is 9.88 Å². The number of hydrogen-bond acceptors (Lipinski definition) is 7. The molecule has 1 aliphatic carbocycles. The molecular weight excluding hydrogens is 426 g/mol. The van der Waals surface area contributed by atoms with Gasteiger partial charge in [0.1, 0.15) is 23.2 Å². The minimum Gasteiger partial charge on any atom is -0.374 e. The van der Waals surface area contributed by atoms with Crippen molar-refractivity contribution in [2.24, 2.45) is 0 Å². The Labute approximate surface area is 184 Å². The summed E-state index contributed by atoms with van der Waals surface area (Å²) >= 11 is 7.60. The predicted octanol–water partition coefficient (Wildman–Crippen LogP) is 3.58. The third-order valence-corrected chi connectivity index (χ3v) is 7.74. The molecule has 9 heteroatoms. The van der Waals surface area contributed by atoms with Crippen molar-refractivity contribution in [1.29, 1.82) is 0 Å². The first-order valence-corrected chi connectivity index (χ1v) is 11.0. The molecule has 7 nitrogen and oxygen atoms in total. The highest BCUT2D eigenvalue weighted by Gasteiger charge is 2.56. The van der Waals surface area contributed by atoms with Crippen LogP contribution in [0.2, 0.25) is 5.15 Å². The molecule has 2 aromatic rings. The van der Waals surface area contributed by atoms with Gasteiger partial charge in [0, 0.05) is 37.1 Å². The second-order valence-corrected chi connectivity index (χ2v) is 10.3. The summed E-state index contributed by atoms with van der Waals surface area (Å²) in [5.41, 5.74) is 0.168. The number of halogens is 1. The summed E-state index contributed by atoms with van der Waals surface area (Å²) in [4.78, 5) is 19.8. The number of amides is 1. The van der Waals surface area contributed by atoms with Crippen molar-refractivity contribution in [2.75, 3.05) is 12.4 Å². The number of carbonyl (C=O) groups is 1. The molecule has 4 rings (SSSR count). The number of aromatic nitrogens is 1. The summed E-state index contributed by atoms with van der Waals surface area (Å²) in [5, 5.41) is 25.0. The highest BCUT2D eigenvalue weighted by atomic mass is 35.5. The first-order valence-electron chi connectivity index (χ1n) is 9.83. The summed E-state index contributed by atoms with van der Waals surface area (Å²) in [6, 6.07) is 7.07. The quantitative estimate of drug-likeness (QED) is 0.657. The molecule has 1 amide bonds. The maximum atomic E-state index is 13.0. The van der Waals surface area contributed by atoms with Crippen LogP contribution in [0.4, 0.5) is 5.13 Å².